The van der Waals surface area contributed by atoms with Crippen LogP contribution in [0.4, 0.5) is 10.1 Å². The summed E-state index contributed by atoms with van der Waals surface area (Å²) in [5.74, 6) is 0.577. The van der Waals surface area contributed by atoms with Gasteiger partial charge in [0, 0.05) is 12.2 Å². The predicted octanol–water partition coefficient (Wildman–Crippen LogP) is 3.30. The van der Waals surface area contributed by atoms with Gasteiger partial charge in [-0.3, -0.25) is 0 Å². The van der Waals surface area contributed by atoms with Gasteiger partial charge < -0.3 is 5.32 Å². The Morgan fingerprint density at radius 2 is 2.19 bits per heavy atom. The largest absolute Gasteiger partial charge is 0.385 e. The lowest BCUT2D eigenvalue weighted by Gasteiger charge is -2.06. The van der Waals surface area contributed by atoms with Gasteiger partial charge in [0.2, 0.25) is 0 Å². The number of nitrogens with zero attached hydrogens (tertiary/aromatic N) is 1. The van der Waals surface area contributed by atoms with Gasteiger partial charge in [-0.05, 0) is 37.0 Å². The third-order valence-corrected chi connectivity index (χ3v) is 2.84. The van der Waals surface area contributed by atoms with Gasteiger partial charge in [0.1, 0.15) is 5.82 Å². The zero-order valence-corrected chi connectivity index (χ0v) is 9.17. The molecule has 0 unspecified atom stereocenters. The van der Waals surface area contributed by atoms with E-state index in [1.165, 1.54) is 31.4 Å². The van der Waals surface area contributed by atoms with Crippen LogP contribution in [0, 0.1) is 23.1 Å². The fourth-order valence-corrected chi connectivity index (χ4v) is 1.79. The van der Waals surface area contributed by atoms with Crippen molar-refractivity contribution in [3.63, 3.8) is 0 Å². The molecule has 0 atom stereocenters. The molecule has 0 spiro atoms. The van der Waals surface area contributed by atoms with E-state index in [1.807, 2.05) is 6.07 Å². The smallest absolute Gasteiger partial charge is 0.126 e. The average molecular weight is 218 g/mol. The molecular weight excluding hydrogens is 203 g/mol. The van der Waals surface area contributed by atoms with E-state index in [0.717, 1.165) is 18.9 Å². The van der Waals surface area contributed by atoms with Gasteiger partial charge in [0.05, 0.1) is 11.6 Å². The number of hydrogen-bond acceptors (Lipinski definition) is 2. The Bertz CT molecular complexity index is 405. The molecule has 16 heavy (non-hydrogen) atoms. The van der Waals surface area contributed by atoms with Crippen LogP contribution in [0.25, 0.3) is 0 Å². The van der Waals surface area contributed by atoms with Crippen LogP contribution < -0.4 is 5.32 Å². The third kappa shape index (κ3) is 3.23. The highest BCUT2D eigenvalue weighted by Crippen LogP contribution is 2.33. The number of benzene rings is 1. The molecule has 2 nitrogen and oxygen atoms in total. The van der Waals surface area contributed by atoms with Crippen LogP contribution in [0.1, 0.15) is 31.2 Å². The Labute approximate surface area is 95.1 Å². The van der Waals surface area contributed by atoms with E-state index in [1.54, 1.807) is 6.07 Å². The first kappa shape index (κ1) is 10.9. The highest BCUT2D eigenvalue weighted by molar-refractivity contribution is 5.49. The number of nitrogens with one attached hydrogen (secondary N) is 1. The summed E-state index contributed by atoms with van der Waals surface area (Å²) >= 11 is 0. The summed E-state index contributed by atoms with van der Waals surface area (Å²) in [6.07, 6.45) is 5.12. The summed E-state index contributed by atoms with van der Waals surface area (Å²) in [4.78, 5) is 0. The van der Waals surface area contributed by atoms with Crippen LogP contribution in [-0.2, 0) is 0 Å². The molecule has 0 heterocycles. The van der Waals surface area contributed by atoms with Gasteiger partial charge in [0.15, 0.2) is 0 Å². The summed E-state index contributed by atoms with van der Waals surface area (Å²) in [6.45, 7) is 0.852. The molecule has 1 aromatic carbocycles. The van der Waals surface area contributed by atoms with Crippen molar-refractivity contribution in [3.05, 3.63) is 29.6 Å². The molecule has 1 aliphatic carbocycles. The minimum atomic E-state index is -0.358. The van der Waals surface area contributed by atoms with Gasteiger partial charge in [-0.1, -0.05) is 12.8 Å². The van der Waals surface area contributed by atoms with Crippen molar-refractivity contribution in [1.82, 2.24) is 0 Å². The quantitative estimate of drug-likeness (QED) is 0.770. The molecule has 1 aromatic rings. The van der Waals surface area contributed by atoms with E-state index < -0.39 is 0 Å². The van der Waals surface area contributed by atoms with Crippen LogP contribution in [-0.4, -0.2) is 6.54 Å². The summed E-state index contributed by atoms with van der Waals surface area (Å²) in [5.41, 5.74) is 1.07. The summed E-state index contributed by atoms with van der Waals surface area (Å²) in [6, 6.07) is 6.30. The molecule has 0 aromatic heterocycles. The molecule has 0 bridgehead atoms. The minimum absolute atomic E-state index is 0.358. The molecular formula is C13H15FN2. The van der Waals surface area contributed by atoms with Gasteiger partial charge in [0.25, 0.3) is 0 Å². The van der Waals surface area contributed by atoms with Crippen molar-refractivity contribution >= 4 is 5.69 Å². The van der Waals surface area contributed by atoms with Crippen LogP contribution in [0.5, 0.6) is 0 Å². The molecule has 1 N–H and O–H groups in total. The van der Waals surface area contributed by atoms with E-state index in [4.69, 9.17) is 5.26 Å². The Morgan fingerprint density at radius 1 is 1.38 bits per heavy atom. The predicted molar refractivity (Wildman–Crippen MR) is 61.6 cm³/mol. The van der Waals surface area contributed by atoms with E-state index in [0.29, 0.717) is 11.3 Å². The molecule has 2 rings (SSSR count). The van der Waals surface area contributed by atoms with Gasteiger partial charge >= 0.3 is 0 Å². The van der Waals surface area contributed by atoms with Gasteiger partial charge in [-0.25, -0.2) is 4.39 Å². The van der Waals surface area contributed by atoms with E-state index in [9.17, 15) is 4.39 Å². The number of anilines is 1. The Balaban J connectivity index is 1.83. The van der Waals surface area contributed by atoms with Crippen LogP contribution in [0.15, 0.2) is 18.2 Å². The molecule has 0 aliphatic heterocycles. The normalized spacial score (nSPS) is 14.5. The zero-order chi connectivity index (χ0) is 11.4. The maximum absolute atomic E-state index is 13.1. The molecule has 84 valence electrons. The van der Waals surface area contributed by atoms with Crippen molar-refractivity contribution < 1.29 is 4.39 Å². The van der Waals surface area contributed by atoms with E-state index in [-0.39, 0.29) is 5.82 Å². The van der Waals surface area contributed by atoms with Gasteiger partial charge in [-0.2, -0.15) is 5.26 Å². The maximum atomic E-state index is 13.1. The third-order valence-electron chi connectivity index (χ3n) is 2.84. The fraction of sp³-hybridized carbons (Fsp3) is 0.462. The summed E-state index contributed by atoms with van der Waals surface area (Å²) in [7, 11) is 0. The SMILES string of the molecule is N#Cc1cc(F)cc(NCCCC2CC2)c1. The average Bonchev–Trinajstić information content (AvgIpc) is 3.07. The second-order valence-electron chi connectivity index (χ2n) is 4.35. The fourth-order valence-electron chi connectivity index (χ4n) is 1.79. The number of halogens is 1. The van der Waals surface area contributed by atoms with E-state index >= 15 is 0 Å². The van der Waals surface area contributed by atoms with E-state index in [2.05, 4.69) is 5.32 Å². The van der Waals surface area contributed by atoms with Crippen molar-refractivity contribution in [2.75, 3.05) is 11.9 Å². The molecule has 1 aliphatic rings. The lowest BCUT2D eigenvalue weighted by Crippen LogP contribution is -2.02. The molecule has 0 amide bonds. The minimum Gasteiger partial charge on any atom is -0.385 e. The molecule has 1 fully saturated rings. The van der Waals surface area contributed by atoms with Gasteiger partial charge in [-0.15, -0.1) is 0 Å². The standard InChI is InChI=1S/C13H15FN2/c14-12-6-11(9-15)7-13(8-12)16-5-1-2-10-3-4-10/h6-8,10,16H,1-5H2. The Hall–Kier alpha value is -1.56. The first-order valence-electron chi connectivity index (χ1n) is 5.72. The maximum Gasteiger partial charge on any atom is 0.126 e. The zero-order valence-electron chi connectivity index (χ0n) is 9.17. The summed E-state index contributed by atoms with van der Waals surface area (Å²) in [5, 5.41) is 11.8. The number of rotatable bonds is 5. The van der Waals surface area contributed by atoms with Crippen LogP contribution in [0.2, 0.25) is 0 Å². The second-order valence-corrected chi connectivity index (χ2v) is 4.35. The molecule has 0 saturated heterocycles. The molecule has 0 radical (unpaired) electrons. The van der Waals surface area contributed by atoms with Crippen molar-refractivity contribution in [2.45, 2.75) is 25.7 Å². The van der Waals surface area contributed by atoms with Crippen LogP contribution in [0.3, 0.4) is 0 Å². The molecule has 3 heteroatoms. The van der Waals surface area contributed by atoms with Crippen molar-refractivity contribution in [2.24, 2.45) is 5.92 Å². The van der Waals surface area contributed by atoms with Crippen LogP contribution >= 0.6 is 0 Å². The topological polar surface area (TPSA) is 35.8 Å². The molecule has 1 saturated carbocycles. The Morgan fingerprint density at radius 3 is 2.88 bits per heavy atom. The lowest BCUT2D eigenvalue weighted by molar-refractivity contribution is 0.627. The second kappa shape index (κ2) is 4.98. The highest BCUT2D eigenvalue weighted by Gasteiger charge is 2.19. The van der Waals surface area contributed by atoms with Crippen molar-refractivity contribution in [3.8, 4) is 6.07 Å². The Kier molecular flexibility index (Phi) is 3.40. The number of hydrogen-bond donors (Lipinski definition) is 1. The summed E-state index contributed by atoms with van der Waals surface area (Å²) < 4.78 is 13.1. The highest BCUT2D eigenvalue weighted by atomic mass is 19.1. The lowest BCUT2D eigenvalue weighted by atomic mass is 10.2. The monoisotopic (exact) mass is 218 g/mol. The first-order chi connectivity index (χ1) is 7.78. The number of nitriles is 1. The first-order valence-corrected chi connectivity index (χ1v) is 5.72. The van der Waals surface area contributed by atoms with Crippen molar-refractivity contribution in [1.29, 1.82) is 5.26 Å².